The van der Waals surface area contributed by atoms with Crippen LogP contribution in [0.25, 0.3) is 5.65 Å². The maximum Gasteiger partial charge on any atom is 0.229 e. The van der Waals surface area contributed by atoms with E-state index < -0.39 is 0 Å². The molecule has 0 fully saturated rings. The average molecular weight is 211 g/mol. The molecule has 0 amide bonds. The van der Waals surface area contributed by atoms with Crippen LogP contribution in [0.4, 0.5) is 0 Å². The highest BCUT2D eigenvalue weighted by Crippen LogP contribution is 2.14. The van der Waals surface area contributed by atoms with Crippen molar-refractivity contribution in [2.75, 3.05) is 0 Å². The first kappa shape index (κ1) is 9.43. The fourth-order valence-electron chi connectivity index (χ4n) is 1.45. The lowest BCUT2D eigenvalue weighted by Gasteiger charge is -2.05. The Morgan fingerprint density at radius 2 is 2.36 bits per heavy atom. The SMILES string of the molecule is CC(N)Cc1cccn2c(Cl)nnc12. The van der Waals surface area contributed by atoms with Gasteiger partial charge < -0.3 is 5.73 Å². The smallest absolute Gasteiger partial charge is 0.229 e. The number of hydrogen-bond donors (Lipinski definition) is 1. The summed E-state index contributed by atoms with van der Waals surface area (Å²) < 4.78 is 1.75. The van der Waals surface area contributed by atoms with E-state index in [4.69, 9.17) is 17.3 Å². The number of aromatic nitrogens is 3. The lowest BCUT2D eigenvalue weighted by molar-refractivity contribution is 0.738. The van der Waals surface area contributed by atoms with Gasteiger partial charge in [-0.3, -0.25) is 4.40 Å². The third kappa shape index (κ3) is 1.58. The number of nitrogens with zero attached hydrogens (tertiary/aromatic N) is 3. The lowest BCUT2D eigenvalue weighted by Crippen LogP contribution is -2.18. The van der Waals surface area contributed by atoms with Crippen LogP contribution in [0.2, 0.25) is 5.28 Å². The average Bonchev–Trinajstić information content (AvgIpc) is 2.49. The van der Waals surface area contributed by atoms with E-state index in [1.807, 2.05) is 25.3 Å². The monoisotopic (exact) mass is 210 g/mol. The second-order valence-electron chi connectivity index (χ2n) is 3.38. The molecule has 0 saturated heterocycles. The first-order chi connectivity index (χ1) is 6.68. The van der Waals surface area contributed by atoms with Crippen molar-refractivity contribution in [3.63, 3.8) is 0 Å². The Hall–Kier alpha value is -1.13. The maximum atomic E-state index is 5.84. The van der Waals surface area contributed by atoms with E-state index in [0.29, 0.717) is 5.28 Å². The number of fused-ring (bicyclic) bond motifs is 1. The van der Waals surface area contributed by atoms with Crippen LogP contribution in [-0.4, -0.2) is 20.6 Å². The fraction of sp³-hybridized carbons (Fsp3) is 0.333. The minimum Gasteiger partial charge on any atom is -0.328 e. The van der Waals surface area contributed by atoms with Crippen molar-refractivity contribution in [1.82, 2.24) is 14.6 Å². The summed E-state index contributed by atoms with van der Waals surface area (Å²) in [5.41, 5.74) is 7.59. The molecule has 0 saturated carbocycles. The first-order valence-electron chi connectivity index (χ1n) is 4.42. The van der Waals surface area contributed by atoms with Crippen LogP contribution >= 0.6 is 11.6 Å². The molecular weight excluding hydrogens is 200 g/mol. The predicted octanol–water partition coefficient (Wildman–Crippen LogP) is 1.27. The highest BCUT2D eigenvalue weighted by molar-refractivity contribution is 6.28. The number of hydrogen-bond acceptors (Lipinski definition) is 3. The summed E-state index contributed by atoms with van der Waals surface area (Å²) in [5.74, 6) is 0. The zero-order valence-corrected chi connectivity index (χ0v) is 8.57. The molecule has 5 heteroatoms. The number of pyridine rings is 1. The number of rotatable bonds is 2. The molecule has 0 aliphatic rings. The van der Waals surface area contributed by atoms with Crippen LogP contribution in [0.1, 0.15) is 12.5 Å². The van der Waals surface area contributed by atoms with Crippen molar-refractivity contribution < 1.29 is 0 Å². The van der Waals surface area contributed by atoms with Crippen LogP contribution in [0.3, 0.4) is 0 Å². The van der Waals surface area contributed by atoms with Gasteiger partial charge in [-0.1, -0.05) is 6.07 Å². The summed E-state index contributed by atoms with van der Waals surface area (Å²) in [4.78, 5) is 0. The molecule has 0 aliphatic heterocycles. The van der Waals surface area contributed by atoms with E-state index in [9.17, 15) is 0 Å². The minimum atomic E-state index is 0.108. The fourth-order valence-corrected chi connectivity index (χ4v) is 1.62. The van der Waals surface area contributed by atoms with Gasteiger partial charge in [0.25, 0.3) is 0 Å². The quantitative estimate of drug-likeness (QED) is 0.812. The molecule has 1 unspecified atom stereocenters. The van der Waals surface area contributed by atoms with Gasteiger partial charge in [0.15, 0.2) is 5.65 Å². The van der Waals surface area contributed by atoms with Crippen molar-refractivity contribution >= 4 is 17.2 Å². The van der Waals surface area contributed by atoms with Crippen LogP contribution in [-0.2, 0) is 6.42 Å². The molecule has 0 radical (unpaired) electrons. The zero-order valence-electron chi connectivity index (χ0n) is 7.81. The van der Waals surface area contributed by atoms with Crippen molar-refractivity contribution in [1.29, 1.82) is 0 Å². The Kier molecular flexibility index (Phi) is 2.39. The minimum absolute atomic E-state index is 0.108. The topological polar surface area (TPSA) is 56.2 Å². The molecule has 4 nitrogen and oxygen atoms in total. The molecule has 2 N–H and O–H groups in total. The van der Waals surface area contributed by atoms with Gasteiger partial charge in [-0.15, -0.1) is 10.2 Å². The molecule has 2 aromatic rings. The van der Waals surface area contributed by atoms with Crippen molar-refractivity contribution in [2.24, 2.45) is 5.73 Å². The van der Waals surface area contributed by atoms with E-state index in [-0.39, 0.29) is 6.04 Å². The lowest BCUT2D eigenvalue weighted by atomic mass is 10.1. The summed E-state index contributed by atoms with van der Waals surface area (Å²) in [6, 6.07) is 4.01. The van der Waals surface area contributed by atoms with Gasteiger partial charge in [-0.05, 0) is 36.6 Å². The molecule has 2 aromatic heterocycles. The number of nitrogens with two attached hydrogens (primary N) is 1. The van der Waals surface area contributed by atoms with Crippen LogP contribution < -0.4 is 5.73 Å². The van der Waals surface area contributed by atoms with Gasteiger partial charge in [-0.25, -0.2) is 0 Å². The van der Waals surface area contributed by atoms with Gasteiger partial charge >= 0.3 is 0 Å². The summed E-state index contributed by atoms with van der Waals surface area (Å²) >= 11 is 5.84. The highest BCUT2D eigenvalue weighted by atomic mass is 35.5. The van der Waals surface area contributed by atoms with Crippen molar-refractivity contribution in [2.45, 2.75) is 19.4 Å². The number of halogens is 1. The van der Waals surface area contributed by atoms with Gasteiger partial charge in [0.1, 0.15) is 0 Å². The largest absolute Gasteiger partial charge is 0.328 e. The Bertz CT molecular complexity index is 449. The Morgan fingerprint density at radius 3 is 3.07 bits per heavy atom. The van der Waals surface area contributed by atoms with Gasteiger partial charge in [-0.2, -0.15) is 0 Å². The van der Waals surface area contributed by atoms with Crippen molar-refractivity contribution in [3.05, 3.63) is 29.2 Å². The first-order valence-corrected chi connectivity index (χ1v) is 4.80. The van der Waals surface area contributed by atoms with Crippen molar-refractivity contribution in [3.8, 4) is 0 Å². The Morgan fingerprint density at radius 1 is 1.57 bits per heavy atom. The van der Waals surface area contributed by atoms with Crippen LogP contribution in [0.5, 0.6) is 0 Å². The third-order valence-electron chi connectivity index (χ3n) is 2.02. The predicted molar refractivity (Wildman–Crippen MR) is 55.4 cm³/mol. The summed E-state index contributed by atoms with van der Waals surface area (Å²) in [7, 11) is 0. The molecule has 2 rings (SSSR count). The molecular formula is C9H11ClN4. The van der Waals surface area contributed by atoms with E-state index in [0.717, 1.165) is 17.6 Å². The van der Waals surface area contributed by atoms with Gasteiger partial charge in [0, 0.05) is 12.2 Å². The second-order valence-corrected chi connectivity index (χ2v) is 3.72. The standard InChI is InChI=1S/C9H11ClN4/c1-6(11)5-7-3-2-4-14-8(7)12-13-9(14)10/h2-4,6H,5,11H2,1H3. The summed E-state index contributed by atoms with van der Waals surface area (Å²) in [6.07, 6.45) is 2.61. The second kappa shape index (κ2) is 3.55. The molecule has 1 atom stereocenters. The van der Waals surface area contributed by atoms with Crippen LogP contribution in [0, 0.1) is 0 Å². The van der Waals surface area contributed by atoms with E-state index in [1.165, 1.54) is 0 Å². The van der Waals surface area contributed by atoms with Gasteiger partial charge in [0.2, 0.25) is 5.28 Å². The molecule has 0 bridgehead atoms. The molecule has 0 spiro atoms. The highest BCUT2D eigenvalue weighted by Gasteiger charge is 2.08. The molecule has 2 heterocycles. The van der Waals surface area contributed by atoms with Gasteiger partial charge in [0.05, 0.1) is 0 Å². The summed E-state index contributed by atoms with van der Waals surface area (Å²) in [5, 5.41) is 8.18. The molecule has 0 aliphatic carbocycles. The third-order valence-corrected chi connectivity index (χ3v) is 2.27. The normalized spacial score (nSPS) is 13.4. The summed E-state index contributed by atoms with van der Waals surface area (Å²) in [6.45, 7) is 1.96. The van der Waals surface area contributed by atoms with Crippen LogP contribution in [0.15, 0.2) is 18.3 Å². The van der Waals surface area contributed by atoms with E-state index >= 15 is 0 Å². The maximum absolute atomic E-state index is 5.84. The Labute approximate surface area is 86.7 Å². The zero-order chi connectivity index (χ0) is 10.1. The molecule has 0 aromatic carbocycles. The molecule has 14 heavy (non-hydrogen) atoms. The van der Waals surface area contributed by atoms with E-state index in [2.05, 4.69) is 10.2 Å². The van der Waals surface area contributed by atoms with E-state index in [1.54, 1.807) is 4.40 Å². The molecule has 74 valence electrons. The Balaban J connectivity index is 2.54.